The summed E-state index contributed by atoms with van der Waals surface area (Å²) >= 11 is 0. The molecule has 0 bridgehead atoms. The Labute approximate surface area is 153 Å². The Kier molecular flexibility index (Phi) is 3.97. The van der Waals surface area contributed by atoms with Crippen LogP contribution in [-0.2, 0) is 11.8 Å². The van der Waals surface area contributed by atoms with Gasteiger partial charge in [0.15, 0.2) is 0 Å². The standard InChI is InChI=1S/C19H25N5O2/c1-13(2)23-8-4-6-19(18(23)26)7-5-9-24(19)17(25)14-10-16-15(20-11-14)12-21-22(16)3/h10-13H,4-9H2,1-3H3. The smallest absolute Gasteiger partial charge is 0.256 e. The Morgan fingerprint density at radius 1 is 1.19 bits per heavy atom. The minimum absolute atomic E-state index is 0.0999. The molecule has 2 aliphatic heterocycles. The third-order valence-electron chi connectivity index (χ3n) is 5.85. The van der Waals surface area contributed by atoms with E-state index in [2.05, 4.69) is 10.1 Å². The number of nitrogens with zero attached hydrogens (tertiary/aromatic N) is 5. The van der Waals surface area contributed by atoms with Gasteiger partial charge in [0.05, 0.1) is 17.3 Å². The zero-order chi connectivity index (χ0) is 18.5. The van der Waals surface area contributed by atoms with Crippen molar-refractivity contribution in [2.75, 3.05) is 13.1 Å². The third-order valence-corrected chi connectivity index (χ3v) is 5.85. The van der Waals surface area contributed by atoms with Gasteiger partial charge in [-0.1, -0.05) is 0 Å². The normalized spacial score (nSPS) is 23.6. The lowest BCUT2D eigenvalue weighted by Crippen LogP contribution is -2.62. The summed E-state index contributed by atoms with van der Waals surface area (Å²) in [6.07, 6.45) is 6.60. The highest BCUT2D eigenvalue weighted by molar-refractivity contribution is 6.01. The molecule has 2 amide bonds. The molecule has 4 rings (SSSR count). The molecule has 0 aliphatic carbocycles. The number of amides is 2. The predicted octanol–water partition coefficient (Wildman–Crippen LogP) is 1.97. The Morgan fingerprint density at radius 3 is 2.65 bits per heavy atom. The van der Waals surface area contributed by atoms with E-state index in [1.165, 1.54) is 0 Å². The van der Waals surface area contributed by atoms with Gasteiger partial charge >= 0.3 is 0 Å². The Morgan fingerprint density at radius 2 is 1.92 bits per heavy atom. The van der Waals surface area contributed by atoms with Crippen molar-refractivity contribution in [1.29, 1.82) is 0 Å². The van der Waals surface area contributed by atoms with Crippen molar-refractivity contribution < 1.29 is 9.59 Å². The molecule has 0 saturated carbocycles. The first kappa shape index (κ1) is 17.0. The number of aromatic nitrogens is 3. The van der Waals surface area contributed by atoms with Gasteiger partial charge in [-0.05, 0) is 45.6 Å². The highest BCUT2D eigenvalue weighted by atomic mass is 16.2. The molecule has 0 aromatic carbocycles. The summed E-state index contributed by atoms with van der Waals surface area (Å²) in [5.41, 5.74) is 1.43. The number of hydrogen-bond donors (Lipinski definition) is 0. The largest absolute Gasteiger partial charge is 0.338 e. The Balaban J connectivity index is 1.70. The fourth-order valence-corrected chi connectivity index (χ4v) is 4.47. The first-order chi connectivity index (χ1) is 12.4. The second kappa shape index (κ2) is 6.07. The summed E-state index contributed by atoms with van der Waals surface area (Å²) in [5, 5.41) is 4.19. The maximum Gasteiger partial charge on any atom is 0.256 e. The van der Waals surface area contributed by atoms with Crippen LogP contribution in [0.3, 0.4) is 0 Å². The summed E-state index contributed by atoms with van der Waals surface area (Å²) in [6.45, 7) is 5.49. The Hall–Kier alpha value is -2.44. The summed E-state index contributed by atoms with van der Waals surface area (Å²) in [5.74, 6) is 0.0104. The van der Waals surface area contributed by atoms with Gasteiger partial charge in [-0.15, -0.1) is 0 Å². The maximum absolute atomic E-state index is 13.3. The third kappa shape index (κ3) is 2.40. The van der Waals surface area contributed by atoms with E-state index in [0.29, 0.717) is 12.1 Å². The van der Waals surface area contributed by atoms with Gasteiger partial charge < -0.3 is 9.80 Å². The van der Waals surface area contributed by atoms with E-state index < -0.39 is 5.54 Å². The van der Waals surface area contributed by atoms with E-state index in [-0.39, 0.29) is 17.9 Å². The highest BCUT2D eigenvalue weighted by Gasteiger charge is 2.53. The average Bonchev–Trinajstić information content (AvgIpc) is 3.21. The van der Waals surface area contributed by atoms with Gasteiger partial charge in [0.1, 0.15) is 11.1 Å². The van der Waals surface area contributed by atoms with Crippen molar-refractivity contribution in [2.24, 2.45) is 7.05 Å². The molecule has 7 heteroatoms. The monoisotopic (exact) mass is 355 g/mol. The molecule has 0 N–H and O–H groups in total. The quantitative estimate of drug-likeness (QED) is 0.826. The molecule has 0 radical (unpaired) electrons. The van der Waals surface area contributed by atoms with Crippen molar-refractivity contribution in [1.82, 2.24) is 24.6 Å². The second-order valence-corrected chi connectivity index (χ2v) is 7.68. The van der Waals surface area contributed by atoms with Gasteiger partial charge in [-0.2, -0.15) is 5.10 Å². The van der Waals surface area contributed by atoms with E-state index in [9.17, 15) is 9.59 Å². The summed E-state index contributed by atoms with van der Waals surface area (Å²) in [6, 6.07) is 1.99. The number of carbonyl (C=O) groups is 2. The minimum atomic E-state index is -0.680. The molecule has 4 heterocycles. The number of carbonyl (C=O) groups excluding carboxylic acids is 2. The van der Waals surface area contributed by atoms with E-state index in [1.807, 2.05) is 36.8 Å². The molecule has 1 spiro atoms. The molecule has 2 saturated heterocycles. The zero-order valence-electron chi connectivity index (χ0n) is 15.6. The Bertz CT molecular complexity index is 874. The number of pyridine rings is 1. The lowest BCUT2D eigenvalue weighted by molar-refractivity contribution is -0.147. The summed E-state index contributed by atoms with van der Waals surface area (Å²) in [7, 11) is 1.83. The molecular weight excluding hydrogens is 330 g/mol. The first-order valence-corrected chi connectivity index (χ1v) is 9.35. The van der Waals surface area contributed by atoms with Crippen LogP contribution in [0.4, 0.5) is 0 Å². The van der Waals surface area contributed by atoms with Crippen molar-refractivity contribution in [3.63, 3.8) is 0 Å². The van der Waals surface area contributed by atoms with Gasteiger partial charge in [-0.3, -0.25) is 19.3 Å². The average molecular weight is 355 g/mol. The fraction of sp³-hybridized carbons (Fsp3) is 0.579. The molecule has 2 aromatic rings. The number of aryl methyl sites for hydroxylation is 1. The minimum Gasteiger partial charge on any atom is -0.338 e. The van der Waals surface area contributed by atoms with Crippen LogP contribution >= 0.6 is 0 Å². The molecular formula is C19H25N5O2. The van der Waals surface area contributed by atoms with Crippen LogP contribution < -0.4 is 0 Å². The topological polar surface area (TPSA) is 71.3 Å². The molecule has 1 atom stereocenters. The van der Waals surface area contributed by atoms with Crippen molar-refractivity contribution in [3.8, 4) is 0 Å². The zero-order valence-corrected chi connectivity index (χ0v) is 15.6. The van der Waals surface area contributed by atoms with E-state index >= 15 is 0 Å². The molecule has 138 valence electrons. The summed E-state index contributed by atoms with van der Waals surface area (Å²) < 4.78 is 1.71. The van der Waals surface area contributed by atoms with Crippen LogP contribution in [0.15, 0.2) is 18.5 Å². The molecule has 2 fully saturated rings. The molecule has 2 aliphatic rings. The van der Waals surface area contributed by atoms with Crippen molar-refractivity contribution in [3.05, 3.63) is 24.0 Å². The predicted molar refractivity (Wildman–Crippen MR) is 97.6 cm³/mol. The van der Waals surface area contributed by atoms with E-state index in [0.717, 1.165) is 43.3 Å². The van der Waals surface area contributed by atoms with E-state index in [1.54, 1.807) is 17.1 Å². The second-order valence-electron chi connectivity index (χ2n) is 7.68. The van der Waals surface area contributed by atoms with Gasteiger partial charge in [0, 0.05) is 32.4 Å². The number of fused-ring (bicyclic) bond motifs is 1. The van der Waals surface area contributed by atoms with Crippen LogP contribution in [0.2, 0.25) is 0 Å². The number of likely N-dealkylation sites (tertiary alicyclic amines) is 2. The number of hydrogen-bond acceptors (Lipinski definition) is 4. The van der Waals surface area contributed by atoms with Crippen LogP contribution in [-0.4, -0.2) is 61.0 Å². The lowest BCUT2D eigenvalue weighted by atomic mass is 9.84. The number of piperidine rings is 1. The number of rotatable bonds is 2. The van der Waals surface area contributed by atoms with E-state index in [4.69, 9.17) is 0 Å². The molecule has 7 nitrogen and oxygen atoms in total. The highest BCUT2D eigenvalue weighted by Crippen LogP contribution is 2.39. The maximum atomic E-state index is 13.3. The molecule has 1 unspecified atom stereocenters. The van der Waals surface area contributed by atoms with Gasteiger partial charge in [0.25, 0.3) is 5.91 Å². The van der Waals surface area contributed by atoms with Crippen LogP contribution in [0, 0.1) is 0 Å². The lowest BCUT2D eigenvalue weighted by Gasteiger charge is -2.46. The van der Waals surface area contributed by atoms with Crippen molar-refractivity contribution in [2.45, 2.75) is 51.1 Å². The SMILES string of the molecule is CC(C)N1CCCC2(CCCN2C(=O)c2cnc3cnn(C)c3c2)C1=O. The van der Waals surface area contributed by atoms with Gasteiger partial charge in [-0.25, -0.2) is 0 Å². The fourth-order valence-electron chi connectivity index (χ4n) is 4.47. The van der Waals surface area contributed by atoms with Crippen LogP contribution in [0.25, 0.3) is 11.0 Å². The van der Waals surface area contributed by atoms with Crippen LogP contribution in [0.1, 0.15) is 49.9 Å². The first-order valence-electron chi connectivity index (χ1n) is 9.35. The molecule has 2 aromatic heterocycles. The summed E-state index contributed by atoms with van der Waals surface area (Å²) in [4.78, 5) is 34.7. The van der Waals surface area contributed by atoms with Crippen LogP contribution in [0.5, 0.6) is 0 Å². The molecule has 26 heavy (non-hydrogen) atoms. The van der Waals surface area contributed by atoms with Gasteiger partial charge in [0.2, 0.25) is 5.91 Å². The van der Waals surface area contributed by atoms with Crippen molar-refractivity contribution >= 4 is 22.8 Å².